The number of morpholine rings is 1. The Morgan fingerprint density at radius 2 is 1.85 bits per heavy atom. The second-order valence-corrected chi connectivity index (χ2v) is 10.8. The number of para-hydroxylation sites is 1. The number of carbonyl (C=O) groups is 2. The summed E-state index contributed by atoms with van der Waals surface area (Å²) in [5.74, 6) is -0.608. The lowest BCUT2D eigenvalue weighted by molar-refractivity contribution is -0.384. The molecule has 2 atom stereocenters. The van der Waals surface area contributed by atoms with Crippen LogP contribution in [-0.2, 0) is 4.74 Å². The Kier molecular flexibility index (Phi) is 7.67. The molecule has 204 valence electrons. The zero-order valence-electron chi connectivity index (χ0n) is 21.3. The van der Waals surface area contributed by atoms with Gasteiger partial charge in [0.25, 0.3) is 17.5 Å². The van der Waals surface area contributed by atoms with Gasteiger partial charge in [-0.3, -0.25) is 24.5 Å². The molecule has 5 rings (SSSR count). The van der Waals surface area contributed by atoms with E-state index in [2.05, 4.69) is 26.2 Å². The summed E-state index contributed by atoms with van der Waals surface area (Å²) in [5, 5.41) is 15.9. The van der Waals surface area contributed by atoms with Crippen LogP contribution < -0.4 is 10.9 Å². The van der Waals surface area contributed by atoms with Crippen LogP contribution >= 0.6 is 15.9 Å². The highest BCUT2D eigenvalue weighted by Gasteiger charge is 2.32. The van der Waals surface area contributed by atoms with Crippen LogP contribution in [0.5, 0.6) is 0 Å². The van der Waals surface area contributed by atoms with Gasteiger partial charge >= 0.3 is 0 Å². The number of H-pyrrole nitrogens is 1. The number of likely N-dealkylation sites (tertiary alicyclic amines) is 1. The monoisotopic (exact) mass is 597 g/mol. The van der Waals surface area contributed by atoms with E-state index >= 15 is 0 Å². The zero-order valence-corrected chi connectivity index (χ0v) is 22.9. The molecule has 2 aromatic carbocycles. The third-order valence-corrected chi connectivity index (χ3v) is 7.53. The molecule has 0 saturated carbocycles. The zero-order chi connectivity index (χ0) is 27.7. The van der Waals surface area contributed by atoms with Gasteiger partial charge in [0.05, 0.1) is 28.8 Å². The summed E-state index contributed by atoms with van der Waals surface area (Å²) in [6, 6.07) is 11.0. The van der Waals surface area contributed by atoms with Crippen molar-refractivity contribution in [2.45, 2.75) is 31.9 Å². The summed E-state index contributed by atoms with van der Waals surface area (Å²) in [6.07, 6.45) is 1.16. The minimum Gasteiger partial charge on any atom is -0.375 e. The van der Waals surface area contributed by atoms with Crippen molar-refractivity contribution in [2.24, 2.45) is 0 Å². The largest absolute Gasteiger partial charge is 0.375 e. The average Bonchev–Trinajstić information content (AvgIpc) is 2.92. The highest BCUT2D eigenvalue weighted by Crippen LogP contribution is 2.35. The SMILES string of the molecule is C[C@H]1CN(C(=O)c2cc(Br)cc([N+](=O)[O-])c2N[C@@H]2CCCN(C(=O)c3cc(=O)[nH]c4ccccc34)C2)CCO1. The summed E-state index contributed by atoms with van der Waals surface area (Å²) in [4.78, 5) is 56.9. The number of amides is 2. The second-order valence-electron chi connectivity index (χ2n) is 9.86. The standard InChI is InChI=1S/C27H28BrN5O6/c1-16-14-32(9-10-39-16)27(36)21-11-17(28)12-23(33(37)38)25(21)29-18-5-4-8-31(15-18)26(35)20-13-24(34)30-22-7-3-2-6-19(20)22/h2-3,6-7,11-13,16,18,29H,4-5,8-10,14-15H2,1H3,(H,30,34)/t16-,18+/m0/s1. The highest BCUT2D eigenvalue weighted by molar-refractivity contribution is 9.10. The Labute approximate surface area is 232 Å². The van der Waals surface area contributed by atoms with Crippen molar-refractivity contribution in [3.63, 3.8) is 0 Å². The van der Waals surface area contributed by atoms with Crippen LogP contribution in [0.2, 0.25) is 0 Å². The first-order valence-electron chi connectivity index (χ1n) is 12.8. The molecule has 0 aliphatic carbocycles. The molecule has 12 heteroatoms. The minimum absolute atomic E-state index is 0.133. The van der Waals surface area contributed by atoms with Crippen LogP contribution in [0.1, 0.15) is 40.5 Å². The number of aromatic amines is 1. The second kappa shape index (κ2) is 11.1. The van der Waals surface area contributed by atoms with Crippen LogP contribution in [-0.4, -0.2) is 76.5 Å². The Balaban J connectivity index is 1.44. The van der Waals surface area contributed by atoms with Crippen LogP contribution in [0.3, 0.4) is 0 Å². The fraction of sp³-hybridized carbons (Fsp3) is 0.370. The molecule has 2 N–H and O–H groups in total. The molecule has 2 saturated heterocycles. The van der Waals surface area contributed by atoms with E-state index in [-0.39, 0.29) is 53.0 Å². The van der Waals surface area contributed by atoms with Gasteiger partial charge in [0.2, 0.25) is 5.56 Å². The summed E-state index contributed by atoms with van der Waals surface area (Å²) in [6.45, 7) is 3.78. The number of halogens is 1. The van der Waals surface area contributed by atoms with E-state index in [1.807, 2.05) is 6.92 Å². The van der Waals surface area contributed by atoms with Gasteiger partial charge in [-0.1, -0.05) is 34.1 Å². The number of ether oxygens (including phenoxy) is 1. The topological polar surface area (TPSA) is 138 Å². The number of anilines is 1. The molecule has 39 heavy (non-hydrogen) atoms. The first kappa shape index (κ1) is 26.8. The Bertz CT molecular complexity index is 1510. The molecule has 0 unspecified atom stereocenters. The van der Waals surface area contributed by atoms with Crippen molar-refractivity contribution in [3.05, 3.63) is 78.5 Å². The molecular weight excluding hydrogens is 570 g/mol. The number of nitrogens with zero attached hydrogens (tertiary/aromatic N) is 3. The van der Waals surface area contributed by atoms with Gasteiger partial charge in [-0.2, -0.15) is 0 Å². The lowest BCUT2D eigenvalue weighted by atomic mass is 10.0. The summed E-state index contributed by atoms with van der Waals surface area (Å²) in [5.41, 5.74) is 0.614. The van der Waals surface area contributed by atoms with Crippen molar-refractivity contribution in [2.75, 3.05) is 38.1 Å². The van der Waals surface area contributed by atoms with Crippen LogP contribution in [0.4, 0.5) is 11.4 Å². The lowest BCUT2D eigenvalue weighted by Crippen LogP contribution is -2.46. The van der Waals surface area contributed by atoms with Gasteiger partial charge in [-0.15, -0.1) is 0 Å². The summed E-state index contributed by atoms with van der Waals surface area (Å²) in [7, 11) is 0. The number of pyridine rings is 1. The number of hydrogen-bond donors (Lipinski definition) is 2. The smallest absolute Gasteiger partial charge is 0.294 e. The molecule has 2 aliphatic heterocycles. The third kappa shape index (κ3) is 5.66. The maximum absolute atomic E-state index is 13.6. The number of carbonyl (C=O) groups excluding carboxylic acids is 2. The van der Waals surface area contributed by atoms with E-state index in [4.69, 9.17) is 4.74 Å². The van der Waals surface area contributed by atoms with Crippen LogP contribution in [0.25, 0.3) is 10.9 Å². The van der Waals surface area contributed by atoms with Crippen molar-refractivity contribution in [1.29, 1.82) is 0 Å². The number of nitro benzene ring substituents is 1. The molecule has 0 spiro atoms. The van der Waals surface area contributed by atoms with Crippen LogP contribution in [0, 0.1) is 10.1 Å². The summed E-state index contributed by atoms with van der Waals surface area (Å²) >= 11 is 3.32. The molecular formula is C27H28BrN5O6. The van der Waals surface area contributed by atoms with Crippen molar-refractivity contribution in [3.8, 4) is 0 Å². The number of fused-ring (bicyclic) bond motifs is 1. The van der Waals surface area contributed by atoms with Crippen molar-refractivity contribution in [1.82, 2.24) is 14.8 Å². The highest BCUT2D eigenvalue weighted by atomic mass is 79.9. The van der Waals surface area contributed by atoms with E-state index in [1.165, 1.54) is 12.1 Å². The molecule has 0 radical (unpaired) electrons. The number of nitrogens with one attached hydrogen (secondary N) is 2. The molecule has 0 bridgehead atoms. The molecule has 3 heterocycles. The van der Waals surface area contributed by atoms with E-state index in [0.717, 1.165) is 0 Å². The average molecular weight is 598 g/mol. The quantitative estimate of drug-likeness (QED) is 0.337. The van der Waals surface area contributed by atoms with Crippen LogP contribution in [0.15, 0.2) is 51.7 Å². The number of benzene rings is 2. The molecule has 2 fully saturated rings. The maximum atomic E-state index is 13.6. The number of hydrogen-bond acceptors (Lipinski definition) is 7. The number of aromatic nitrogens is 1. The maximum Gasteiger partial charge on any atom is 0.294 e. The summed E-state index contributed by atoms with van der Waals surface area (Å²) < 4.78 is 5.97. The minimum atomic E-state index is -0.514. The predicted octanol–water partition coefficient (Wildman–Crippen LogP) is 3.78. The van der Waals surface area contributed by atoms with Gasteiger partial charge < -0.3 is 24.8 Å². The van der Waals surface area contributed by atoms with Gasteiger partial charge in [-0.05, 0) is 31.9 Å². The van der Waals surface area contributed by atoms with Gasteiger partial charge in [-0.25, -0.2) is 0 Å². The van der Waals surface area contributed by atoms with E-state index in [0.29, 0.717) is 60.0 Å². The first-order chi connectivity index (χ1) is 18.7. The van der Waals surface area contributed by atoms with Gasteiger partial charge in [0.15, 0.2) is 0 Å². The molecule has 11 nitrogen and oxygen atoms in total. The van der Waals surface area contributed by atoms with E-state index in [1.54, 1.807) is 40.1 Å². The van der Waals surface area contributed by atoms with Crippen molar-refractivity contribution < 1.29 is 19.2 Å². The third-order valence-electron chi connectivity index (χ3n) is 7.08. The predicted molar refractivity (Wildman–Crippen MR) is 149 cm³/mol. The number of rotatable bonds is 5. The number of piperidine rings is 1. The fourth-order valence-electron chi connectivity index (χ4n) is 5.27. The van der Waals surface area contributed by atoms with E-state index in [9.17, 15) is 24.5 Å². The molecule has 2 amide bonds. The Morgan fingerprint density at radius 1 is 1.10 bits per heavy atom. The lowest BCUT2D eigenvalue weighted by Gasteiger charge is -2.35. The van der Waals surface area contributed by atoms with Gasteiger partial charge in [0.1, 0.15) is 5.69 Å². The Morgan fingerprint density at radius 3 is 2.62 bits per heavy atom. The van der Waals surface area contributed by atoms with Gasteiger partial charge in [0, 0.05) is 59.7 Å². The molecule has 3 aromatic rings. The Hall–Kier alpha value is -3.77. The molecule has 2 aliphatic rings. The van der Waals surface area contributed by atoms with Crippen molar-refractivity contribution >= 4 is 50.0 Å². The normalized spacial score (nSPS) is 19.6. The first-order valence-corrected chi connectivity index (χ1v) is 13.6. The fourth-order valence-corrected chi connectivity index (χ4v) is 5.71. The molecule has 1 aromatic heterocycles. The van der Waals surface area contributed by atoms with E-state index < -0.39 is 4.92 Å². The number of nitro groups is 1.